The summed E-state index contributed by atoms with van der Waals surface area (Å²) in [5.74, 6) is -5.38. The van der Waals surface area contributed by atoms with Gasteiger partial charge in [-0.2, -0.15) is 0 Å². The Bertz CT molecular complexity index is 1350. The number of aliphatic carboxylic acids is 2. The van der Waals surface area contributed by atoms with Gasteiger partial charge in [0.2, 0.25) is 17.7 Å². The summed E-state index contributed by atoms with van der Waals surface area (Å²) in [5.41, 5.74) is 7.93. The Kier molecular flexibility index (Phi) is 9.97. The number of hydrogen-bond donors (Lipinski definition) is 8. The summed E-state index contributed by atoms with van der Waals surface area (Å²) in [4.78, 5) is 72.1. The van der Waals surface area contributed by atoms with E-state index in [-0.39, 0.29) is 18.8 Å². The highest BCUT2D eigenvalue weighted by Crippen LogP contribution is 2.19. The van der Waals surface area contributed by atoms with Crippen LogP contribution in [0.4, 0.5) is 0 Å². The number of para-hydroxylation sites is 1. The number of fused-ring (bicyclic) bond motifs is 1. The molecule has 3 rings (SSSR count). The van der Waals surface area contributed by atoms with Gasteiger partial charge in [-0.25, -0.2) is 9.78 Å². The molecule has 3 amide bonds. The standard InChI is InChI=1S/C26H33N7O7/c1-13(2)22(27)25(38)32-19(8-15-11-28-12-30-15)24(37)31-18(23(36)33-20(26(39)40)9-21(34)35)7-14-10-29-17-6-4-3-5-16(14)17/h3-6,10-13,18-20,22,29H,7-9,27H2,1-2H3,(H,28,30)(H,31,37)(H,32,38)(H,33,36)(H,34,35)(H,39,40). The zero-order valence-electron chi connectivity index (χ0n) is 22.0. The van der Waals surface area contributed by atoms with Crippen LogP contribution in [0.25, 0.3) is 10.9 Å². The minimum Gasteiger partial charge on any atom is -0.481 e. The molecule has 1 aromatic carbocycles. The molecule has 40 heavy (non-hydrogen) atoms. The zero-order chi connectivity index (χ0) is 29.4. The van der Waals surface area contributed by atoms with Crippen LogP contribution in [0, 0.1) is 5.92 Å². The van der Waals surface area contributed by atoms with Gasteiger partial charge in [-0.3, -0.25) is 19.2 Å². The summed E-state index contributed by atoms with van der Waals surface area (Å²) in [6.45, 7) is 3.51. The minimum absolute atomic E-state index is 0.000574. The first-order chi connectivity index (χ1) is 19.0. The van der Waals surface area contributed by atoms with Crippen LogP contribution in [0.1, 0.15) is 31.5 Å². The van der Waals surface area contributed by atoms with Crippen molar-refractivity contribution in [2.75, 3.05) is 0 Å². The highest BCUT2D eigenvalue weighted by Gasteiger charge is 2.32. The minimum atomic E-state index is -1.73. The first-order valence-corrected chi connectivity index (χ1v) is 12.6. The van der Waals surface area contributed by atoms with E-state index in [2.05, 4.69) is 30.9 Å². The number of nitrogens with one attached hydrogen (secondary N) is 5. The molecule has 14 nitrogen and oxygen atoms in total. The van der Waals surface area contributed by atoms with Crippen molar-refractivity contribution in [3.63, 3.8) is 0 Å². The molecule has 4 atom stereocenters. The van der Waals surface area contributed by atoms with Gasteiger partial charge in [0.1, 0.15) is 18.1 Å². The molecule has 0 aliphatic rings. The summed E-state index contributed by atoms with van der Waals surface area (Å²) >= 11 is 0. The number of H-pyrrole nitrogens is 2. The number of carbonyl (C=O) groups is 5. The molecule has 0 aliphatic heterocycles. The Morgan fingerprint density at radius 1 is 0.900 bits per heavy atom. The zero-order valence-corrected chi connectivity index (χ0v) is 22.0. The Hall–Kier alpha value is -4.72. The Labute approximate surface area is 229 Å². The smallest absolute Gasteiger partial charge is 0.326 e. The normalized spacial score (nSPS) is 14.2. The van der Waals surface area contributed by atoms with E-state index in [0.29, 0.717) is 11.3 Å². The van der Waals surface area contributed by atoms with Gasteiger partial charge in [-0.05, 0) is 17.5 Å². The van der Waals surface area contributed by atoms with E-state index >= 15 is 0 Å². The molecule has 0 bridgehead atoms. The first-order valence-electron chi connectivity index (χ1n) is 12.6. The second kappa shape index (κ2) is 13.4. The molecule has 0 saturated carbocycles. The number of aromatic amines is 2. The molecule has 214 valence electrons. The van der Waals surface area contributed by atoms with Gasteiger partial charge in [0, 0.05) is 41.8 Å². The van der Waals surface area contributed by atoms with E-state index in [1.165, 1.54) is 12.5 Å². The van der Waals surface area contributed by atoms with Gasteiger partial charge in [-0.15, -0.1) is 0 Å². The number of carboxylic acids is 2. The third-order valence-corrected chi connectivity index (χ3v) is 6.36. The number of carbonyl (C=O) groups excluding carboxylic acids is 3. The van der Waals surface area contributed by atoms with Crippen LogP contribution >= 0.6 is 0 Å². The van der Waals surface area contributed by atoms with Gasteiger partial charge in [0.25, 0.3) is 0 Å². The van der Waals surface area contributed by atoms with Crippen molar-refractivity contribution in [2.45, 2.75) is 57.3 Å². The number of aromatic nitrogens is 3. The monoisotopic (exact) mass is 555 g/mol. The van der Waals surface area contributed by atoms with Crippen molar-refractivity contribution in [1.82, 2.24) is 30.9 Å². The Morgan fingerprint density at radius 2 is 1.52 bits per heavy atom. The number of rotatable bonds is 14. The van der Waals surface area contributed by atoms with E-state index in [0.717, 1.165) is 10.9 Å². The van der Waals surface area contributed by atoms with Crippen molar-refractivity contribution in [3.05, 3.63) is 54.2 Å². The lowest BCUT2D eigenvalue weighted by Gasteiger charge is -2.25. The first kappa shape index (κ1) is 29.8. The summed E-state index contributed by atoms with van der Waals surface area (Å²) in [5, 5.41) is 26.7. The molecule has 0 aliphatic carbocycles. The van der Waals surface area contributed by atoms with Crippen LogP contribution in [0.3, 0.4) is 0 Å². The van der Waals surface area contributed by atoms with Crippen LogP contribution in [-0.4, -0.2) is 79.0 Å². The average molecular weight is 556 g/mol. The molecule has 0 saturated heterocycles. The van der Waals surface area contributed by atoms with Crippen molar-refractivity contribution in [1.29, 1.82) is 0 Å². The number of nitrogens with zero attached hydrogens (tertiary/aromatic N) is 1. The highest BCUT2D eigenvalue weighted by atomic mass is 16.4. The third kappa shape index (κ3) is 7.89. The van der Waals surface area contributed by atoms with E-state index in [1.807, 2.05) is 18.2 Å². The van der Waals surface area contributed by atoms with Crippen LogP contribution < -0.4 is 21.7 Å². The third-order valence-electron chi connectivity index (χ3n) is 6.36. The second-order valence-electron chi connectivity index (χ2n) is 9.73. The maximum absolute atomic E-state index is 13.5. The van der Waals surface area contributed by atoms with Crippen molar-refractivity contribution >= 4 is 40.6 Å². The van der Waals surface area contributed by atoms with Crippen molar-refractivity contribution in [3.8, 4) is 0 Å². The average Bonchev–Trinajstić information content (AvgIpc) is 3.56. The molecule has 0 spiro atoms. The van der Waals surface area contributed by atoms with Gasteiger partial charge in [0.05, 0.1) is 18.8 Å². The molecule has 4 unspecified atom stereocenters. The Morgan fingerprint density at radius 3 is 2.12 bits per heavy atom. The molecule has 9 N–H and O–H groups in total. The molecular formula is C26H33N7O7. The lowest BCUT2D eigenvalue weighted by atomic mass is 10.0. The molecule has 14 heteroatoms. The molecule has 2 heterocycles. The maximum atomic E-state index is 13.5. The lowest BCUT2D eigenvalue weighted by molar-refractivity contribution is -0.147. The van der Waals surface area contributed by atoms with Crippen LogP contribution in [0.2, 0.25) is 0 Å². The van der Waals surface area contributed by atoms with E-state index < -0.39 is 60.2 Å². The van der Waals surface area contributed by atoms with E-state index in [1.54, 1.807) is 26.1 Å². The van der Waals surface area contributed by atoms with Crippen LogP contribution in [-0.2, 0) is 36.8 Å². The molecule has 0 radical (unpaired) electrons. The summed E-state index contributed by atoms with van der Waals surface area (Å²) in [6, 6.07) is 2.17. The molecule has 0 fully saturated rings. The molecule has 2 aromatic heterocycles. The fraction of sp³-hybridized carbons (Fsp3) is 0.385. The molecular weight excluding hydrogens is 522 g/mol. The van der Waals surface area contributed by atoms with Gasteiger partial charge in [0.15, 0.2) is 0 Å². The number of benzene rings is 1. The number of carboxylic acid groups (broad SMARTS) is 2. The fourth-order valence-corrected chi connectivity index (χ4v) is 4.05. The highest BCUT2D eigenvalue weighted by molar-refractivity contribution is 5.95. The summed E-state index contributed by atoms with van der Waals surface area (Å²) < 4.78 is 0. The quantitative estimate of drug-likeness (QED) is 0.130. The van der Waals surface area contributed by atoms with E-state index in [9.17, 15) is 29.1 Å². The van der Waals surface area contributed by atoms with Crippen molar-refractivity contribution in [2.24, 2.45) is 11.7 Å². The number of imidazole rings is 1. The Balaban J connectivity index is 1.89. The largest absolute Gasteiger partial charge is 0.481 e. The van der Waals surface area contributed by atoms with Crippen LogP contribution in [0.5, 0.6) is 0 Å². The number of nitrogens with two attached hydrogens (primary N) is 1. The van der Waals surface area contributed by atoms with Crippen LogP contribution in [0.15, 0.2) is 43.0 Å². The number of hydrogen-bond acceptors (Lipinski definition) is 7. The maximum Gasteiger partial charge on any atom is 0.326 e. The predicted molar refractivity (Wildman–Crippen MR) is 143 cm³/mol. The summed E-state index contributed by atoms with van der Waals surface area (Å²) in [6.07, 6.45) is 3.63. The number of amides is 3. The fourth-order valence-electron chi connectivity index (χ4n) is 4.05. The van der Waals surface area contributed by atoms with E-state index in [4.69, 9.17) is 10.8 Å². The summed E-state index contributed by atoms with van der Waals surface area (Å²) in [7, 11) is 0. The predicted octanol–water partition coefficient (Wildman–Crippen LogP) is -0.327. The topological polar surface area (TPSA) is 232 Å². The van der Waals surface area contributed by atoms with Gasteiger partial charge < -0.3 is 41.9 Å². The van der Waals surface area contributed by atoms with Gasteiger partial charge >= 0.3 is 11.9 Å². The van der Waals surface area contributed by atoms with Crippen molar-refractivity contribution < 1.29 is 34.2 Å². The molecule has 3 aromatic rings. The lowest BCUT2D eigenvalue weighted by Crippen LogP contribution is -2.58. The second-order valence-corrected chi connectivity index (χ2v) is 9.73. The SMILES string of the molecule is CC(C)C(N)C(=O)NC(Cc1cnc[nH]1)C(=O)NC(Cc1c[nH]c2ccccc12)C(=O)NC(CC(=O)O)C(=O)O. The van der Waals surface area contributed by atoms with Gasteiger partial charge in [-0.1, -0.05) is 32.0 Å².